The first-order valence-corrected chi connectivity index (χ1v) is 9.21. The van der Waals surface area contributed by atoms with Crippen molar-refractivity contribution in [2.45, 2.75) is 38.8 Å². The van der Waals surface area contributed by atoms with E-state index in [2.05, 4.69) is 5.10 Å². The van der Waals surface area contributed by atoms with Crippen LogP contribution in [0.2, 0.25) is 0 Å². The lowest BCUT2D eigenvalue weighted by Gasteiger charge is -2.21. The molecule has 1 aromatic heterocycles. The summed E-state index contributed by atoms with van der Waals surface area (Å²) in [4.78, 5) is 26.6. The number of benzene rings is 1. The van der Waals surface area contributed by atoms with Crippen molar-refractivity contribution in [3.05, 3.63) is 57.5 Å². The van der Waals surface area contributed by atoms with Gasteiger partial charge in [-0.3, -0.25) is 9.59 Å². The average molecular weight is 393 g/mol. The fourth-order valence-electron chi connectivity index (χ4n) is 3.61. The van der Waals surface area contributed by atoms with Crippen LogP contribution in [0.5, 0.6) is 0 Å². The number of carbonyl (C=O) groups is 1. The number of amides is 1. The van der Waals surface area contributed by atoms with E-state index in [1.54, 1.807) is 14.0 Å². The summed E-state index contributed by atoms with van der Waals surface area (Å²) in [5, 5.41) is 4.11. The molecule has 1 saturated carbocycles. The van der Waals surface area contributed by atoms with Crippen LogP contribution in [0.15, 0.2) is 35.1 Å². The molecular weight excluding hydrogens is 371 g/mol. The molecule has 1 aromatic carbocycles. The highest BCUT2D eigenvalue weighted by molar-refractivity contribution is 5.91. The molecule has 5 nitrogen and oxygen atoms in total. The quantitative estimate of drug-likeness (QED) is 0.794. The summed E-state index contributed by atoms with van der Waals surface area (Å²) in [7, 11) is 1.62. The van der Waals surface area contributed by atoms with Crippen molar-refractivity contribution in [1.29, 1.82) is 0 Å². The van der Waals surface area contributed by atoms with Crippen molar-refractivity contribution in [3.63, 3.8) is 0 Å². The van der Waals surface area contributed by atoms with Gasteiger partial charge in [-0.05, 0) is 43.9 Å². The molecule has 1 fully saturated rings. The van der Waals surface area contributed by atoms with Gasteiger partial charge in [0.15, 0.2) is 5.69 Å². The molecule has 0 aliphatic heterocycles. The third-order valence-corrected chi connectivity index (χ3v) is 5.08. The third kappa shape index (κ3) is 4.26. The van der Waals surface area contributed by atoms with Gasteiger partial charge in [-0.1, -0.05) is 18.9 Å². The van der Waals surface area contributed by atoms with Crippen molar-refractivity contribution >= 4 is 5.91 Å². The Morgan fingerprint density at radius 2 is 1.93 bits per heavy atom. The molecule has 0 saturated heterocycles. The van der Waals surface area contributed by atoms with Gasteiger partial charge in [0, 0.05) is 25.4 Å². The van der Waals surface area contributed by atoms with E-state index in [0.29, 0.717) is 18.2 Å². The van der Waals surface area contributed by atoms with Crippen LogP contribution in [0.4, 0.5) is 13.2 Å². The standard InChI is InChI=1S/C20H22F3N3O2/c1-13-10-17(27)18(19(28)25(2)12-14-6-3-4-7-14)24-26(13)16-9-5-8-15(11-16)20(21,22)23/h5,8-11,14H,3-4,6-7,12H2,1-2H3. The summed E-state index contributed by atoms with van der Waals surface area (Å²) in [6, 6.07) is 5.86. The topological polar surface area (TPSA) is 55.2 Å². The first-order chi connectivity index (χ1) is 13.2. The molecule has 1 aliphatic rings. The summed E-state index contributed by atoms with van der Waals surface area (Å²) < 4.78 is 40.2. The number of hydrogen-bond donors (Lipinski definition) is 0. The van der Waals surface area contributed by atoms with Crippen LogP contribution in [0.3, 0.4) is 0 Å². The van der Waals surface area contributed by atoms with Crippen LogP contribution < -0.4 is 5.43 Å². The molecule has 0 bridgehead atoms. The molecule has 1 heterocycles. The Morgan fingerprint density at radius 3 is 2.57 bits per heavy atom. The van der Waals surface area contributed by atoms with Gasteiger partial charge >= 0.3 is 6.18 Å². The van der Waals surface area contributed by atoms with Gasteiger partial charge in [0.25, 0.3) is 5.91 Å². The normalized spacial score (nSPS) is 15.0. The minimum atomic E-state index is -4.50. The van der Waals surface area contributed by atoms with Gasteiger partial charge in [-0.25, -0.2) is 4.68 Å². The summed E-state index contributed by atoms with van der Waals surface area (Å²) in [5.41, 5.74) is -1.16. The van der Waals surface area contributed by atoms with Crippen molar-refractivity contribution in [3.8, 4) is 5.69 Å². The number of carbonyl (C=O) groups excluding carboxylic acids is 1. The molecule has 0 N–H and O–H groups in total. The second-order valence-corrected chi connectivity index (χ2v) is 7.29. The van der Waals surface area contributed by atoms with Crippen molar-refractivity contribution in [1.82, 2.24) is 14.7 Å². The van der Waals surface area contributed by atoms with Crippen molar-refractivity contribution < 1.29 is 18.0 Å². The van der Waals surface area contributed by atoms with E-state index in [0.717, 1.165) is 37.8 Å². The Bertz CT molecular complexity index is 931. The number of alkyl halides is 3. The highest BCUT2D eigenvalue weighted by Crippen LogP contribution is 2.30. The van der Waals surface area contributed by atoms with Crippen LogP contribution in [-0.2, 0) is 6.18 Å². The highest BCUT2D eigenvalue weighted by Gasteiger charge is 2.31. The van der Waals surface area contributed by atoms with Gasteiger partial charge < -0.3 is 4.90 Å². The maximum absolute atomic E-state index is 13.0. The van der Waals surface area contributed by atoms with Gasteiger partial charge in [-0.2, -0.15) is 18.3 Å². The highest BCUT2D eigenvalue weighted by atomic mass is 19.4. The Kier molecular flexibility index (Phi) is 5.58. The number of hydrogen-bond acceptors (Lipinski definition) is 3. The maximum Gasteiger partial charge on any atom is 0.416 e. The molecule has 0 spiro atoms. The number of aryl methyl sites for hydroxylation is 1. The van der Waals surface area contributed by atoms with Gasteiger partial charge in [0.2, 0.25) is 5.43 Å². The zero-order valence-corrected chi connectivity index (χ0v) is 15.8. The van der Waals surface area contributed by atoms with Crippen molar-refractivity contribution in [2.24, 2.45) is 5.92 Å². The first kappa shape index (κ1) is 20.1. The van der Waals surface area contributed by atoms with Gasteiger partial charge in [-0.15, -0.1) is 0 Å². The smallest absolute Gasteiger partial charge is 0.340 e. The van der Waals surface area contributed by atoms with E-state index in [-0.39, 0.29) is 11.4 Å². The monoisotopic (exact) mass is 393 g/mol. The maximum atomic E-state index is 13.0. The Balaban J connectivity index is 1.94. The zero-order valence-electron chi connectivity index (χ0n) is 15.8. The fourth-order valence-corrected chi connectivity index (χ4v) is 3.61. The minimum absolute atomic E-state index is 0.139. The second-order valence-electron chi connectivity index (χ2n) is 7.29. The second kappa shape index (κ2) is 7.77. The lowest BCUT2D eigenvalue weighted by molar-refractivity contribution is -0.137. The van der Waals surface area contributed by atoms with Gasteiger partial charge in [0.05, 0.1) is 11.3 Å². The average Bonchev–Trinajstić information content (AvgIpc) is 3.13. The molecule has 28 heavy (non-hydrogen) atoms. The molecule has 150 valence electrons. The Labute approximate surface area is 160 Å². The predicted octanol–water partition coefficient (Wildman–Crippen LogP) is 3.82. The van der Waals surface area contributed by atoms with Crippen LogP contribution in [-0.4, -0.2) is 34.2 Å². The summed E-state index contributed by atoms with van der Waals surface area (Å²) in [6.45, 7) is 2.10. The molecule has 3 rings (SSSR count). The molecule has 1 aliphatic carbocycles. The van der Waals surface area contributed by atoms with E-state index >= 15 is 0 Å². The van der Waals surface area contributed by atoms with Crippen LogP contribution in [0, 0.1) is 12.8 Å². The Morgan fingerprint density at radius 1 is 1.25 bits per heavy atom. The number of aromatic nitrogens is 2. The fraction of sp³-hybridized carbons (Fsp3) is 0.450. The molecular formula is C20H22F3N3O2. The first-order valence-electron chi connectivity index (χ1n) is 9.21. The van der Waals surface area contributed by atoms with E-state index in [4.69, 9.17) is 0 Å². The van der Waals surface area contributed by atoms with E-state index in [1.165, 1.54) is 27.8 Å². The zero-order chi connectivity index (χ0) is 20.5. The van der Waals surface area contributed by atoms with E-state index < -0.39 is 23.1 Å². The molecule has 0 atom stereocenters. The van der Waals surface area contributed by atoms with Crippen LogP contribution in [0.25, 0.3) is 5.69 Å². The minimum Gasteiger partial charge on any atom is -0.340 e. The van der Waals surface area contributed by atoms with E-state index in [1.807, 2.05) is 0 Å². The number of halogens is 3. The van der Waals surface area contributed by atoms with Crippen molar-refractivity contribution in [2.75, 3.05) is 13.6 Å². The largest absolute Gasteiger partial charge is 0.416 e. The molecule has 2 aromatic rings. The van der Waals surface area contributed by atoms with Gasteiger partial charge in [0.1, 0.15) is 0 Å². The summed E-state index contributed by atoms with van der Waals surface area (Å²) in [5.74, 6) is -0.109. The molecule has 1 amide bonds. The van der Waals surface area contributed by atoms with Crippen LogP contribution in [0.1, 0.15) is 47.4 Å². The molecule has 0 unspecified atom stereocenters. The summed E-state index contributed by atoms with van der Waals surface area (Å²) in [6.07, 6.45) is -0.125. The summed E-state index contributed by atoms with van der Waals surface area (Å²) >= 11 is 0. The third-order valence-electron chi connectivity index (χ3n) is 5.08. The predicted molar refractivity (Wildman–Crippen MR) is 98.5 cm³/mol. The lowest BCUT2D eigenvalue weighted by atomic mass is 10.1. The van der Waals surface area contributed by atoms with E-state index in [9.17, 15) is 22.8 Å². The van der Waals surface area contributed by atoms with Crippen LogP contribution >= 0.6 is 0 Å². The lowest BCUT2D eigenvalue weighted by Crippen LogP contribution is -2.36. The molecule has 0 radical (unpaired) electrons. The number of rotatable bonds is 4. The SMILES string of the molecule is Cc1cc(=O)c(C(=O)N(C)CC2CCCC2)nn1-c1cccc(C(F)(F)F)c1. The number of nitrogens with zero attached hydrogens (tertiary/aromatic N) is 3. The Hall–Kier alpha value is -2.64. The molecule has 8 heteroatoms.